The summed E-state index contributed by atoms with van der Waals surface area (Å²) in [5.74, 6) is -8.82. The molecule has 9 nitrogen and oxygen atoms in total. The SMILES string of the molecule is Cc1ccc(-c2ccc(O)c(C(=O)Oc3cc(/C=C/c4ccc(OC(=O)c5cc(-c6ccc(F)cc6F)ccc5O)cc4)cc(OC(=O)c4cc(-c5ccc(F)cc5F)ccc4O)c3)c2)c(F)c1. The summed E-state index contributed by atoms with van der Waals surface area (Å²) in [4.78, 5) is 40.3. The van der Waals surface area contributed by atoms with Crippen LogP contribution in [-0.2, 0) is 0 Å². The zero-order valence-corrected chi connectivity index (χ0v) is 35.3. The number of hydrogen-bond donors (Lipinski definition) is 3. The van der Waals surface area contributed by atoms with Gasteiger partial charge in [-0.2, -0.15) is 0 Å². The lowest BCUT2D eigenvalue weighted by atomic mass is 10.0. The third-order valence-corrected chi connectivity index (χ3v) is 10.5. The molecule has 8 rings (SSSR count). The van der Waals surface area contributed by atoms with Crippen LogP contribution in [0.2, 0.25) is 0 Å². The minimum absolute atomic E-state index is 0.00300. The van der Waals surface area contributed by atoms with Crippen LogP contribution >= 0.6 is 0 Å². The van der Waals surface area contributed by atoms with E-state index in [-0.39, 0.29) is 72.9 Å². The minimum atomic E-state index is -1.11. The van der Waals surface area contributed by atoms with E-state index in [1.165, 1.54) is 97.1 Å². The number of phenolic OH excluding ortho intramolecular Hbond substituents is 3. The van der Waals surface area contributed by atoms with E-state index < -0.39 is 64.2 Å². The Bertz CT molecular complexity index is 3200. The Morgan fingerprint density at radius 2 is 0.779 bits per heavy atom. The number of rotatable bonds is 11. The maximum Gasteiger partial charge on any atom is 0.347 e. The van der Waals surface area contributed by atoms with Crippen LogP contribution in [-0.4, -0.2) is 33.2 Å². The molecule has 3 N–H and O–H groups in total. The molecule has 0 spiro atoms. The van der Waals surface area contributed by atoms with Gasteiger partial charge in [-0.3, -0.25) is 0 Å². The third kappa shape index (κ3) is 10.2. The maximum atomic E-state index is 14.9. The number of phenols is 3. The van der Waals surface area contributed by atoms with Gasteiger partial charge in [0.1, 0.15) is 80.3 Å². The Kier molecular flexibility index (Phi) is 12.9. The van der Waals surface area contributed by atoms with Crippen molar-refractivity contribution in [3.63, 3.8) is 0 Å². The molecule has 0 heterocycles. The van der Waals surface area contributed by atoms with Crippen molar-refractivity contribution in [1.29, 1.82) is 0 Å². The number of hydrogen-bond acceptors (Lipinski definition) is 9. The van der Waals surface area contributed by atoms with Crippen LogP contribution in [0.15, 0.2) is 152 Å². The van der Waals surface area contributed by atoms with Gasteiger partial charge in [-0.1, -0.05) is 54.6 Å². The smallest absolute Gasteiger partial charge is 0.347 e. The molecule has 0 atom stereocenters. The van der Waals surface area contributed by atoms with Crippen LogP contribution in [0.1, 0.15) is 47.8 Å². The van der Waals surface area contributed by atoms with E-state index in [0.29, 0.717) is 23.3 Å². The highest BCUT2D eigenvalue weighted by Gasteiger charge is 2.21. The van der Waals surface area contributed by atoms with Crippen molar-refractivity contribution in [2.75, 3.05) is 0 Å². The molecule has 0 unspecified atom stereocenters. The second-order valence-corrected chi connectivity index (χ2v) is 15.2. The number of aryl methyl sites for hydroxylation is 1. The fourth-order valence-corrected chi connectivity index (χ4v) is 7.04. The third-order valence-electron chi connectivity index (χ3n) is 10.5. The van der Waals surface area contributed by atoms with Crippen molar-refractivity contribution < 1.29 is 65.9 Å². The van der Waals surface area contributed by atoms with E-state index in [0.717, 1.165) is 24.3 Å². The number of carbonyl (C=O) groups excluding carboxylic acids is 3. The average molecular weight is 921 g/mol. The first kappa shape index (κ1) is 45.5. The predicted molar refractivity (Wildman–Crippen MR) is 242 cm³/mol. The van der Waals surface area contributed by atoms with E-state index in [9.17, 15) is 51.7 Å². The number of carbonyl (C=O) groups is 3. The summed E-state index contributed by atoms with van der Waals surface area (Å²) in [6, 6.07) is 31.6. The maximum absolute atomic E-state index is 14.9. The molecule has 0 bridgehead atoms. The van der Waals surface area contributed by atoms with Gasteiger partial charge in [0.15, 0.2) is 0 Å². The number of aromatic hydroxyl groups is 3. The number of benzene rings is 8. The molecule has 0 aliphatic carbocycles. The predicted octanol–water partition coefficient (Wildman–Crippen LogP) is 12.6. The quantitative estimate of drug-likeness (QED) is 0.0501. The normalized spacial score (nSPS) is 11.1. The second kappa shape index (κ2) is 19.2. The molecule has 14 heteroatoms. The first-order chi connectivity index (χ1) is 32.6. The Balaban J connectivity index is 1.06. The lowest BCUT2D eigenvalue weighted by Crippen LogP contribution is -2.11. The van der Waals surface area contributed by atoms with Gasteiger partial charge in [-0.05, 0) is 131 Å². The highest BCUT2D eigenvalue weighted by molar-refractivity contribution is 5.97. The molecule has 0 amide bonds. The Hall–Kier alpha value is -9.04. The van der Waals surface area contributed by atoms with Gasteiger partial charge < -0.3 is 29.5 Å². The van der Waals surface area contributed by atoms with E-state index >= 15 is 0 Å². The Labute approximate surface area is 383 Å². The van der Waals surface area contributed by atoms with Crippen molar-refractivity contribution in [2.45, 2.75) is 6.92 Å². The van der Waals surface area contributed by atoms with Gasteiger partial charge in [0.05, 0.1) is 0 Å². The Morgan fingerprint density at radius 3 is 1.19 bits per heavy atom. The molecule has 8 aromatic rings. The van der Waals surface area contributed by atoms with Crippen molar-refractivity contribution in [3.05, 3.63) is 214 Å². The summed E-state index contributed by atoms with van der Waals surface area (Å²) in [5, 5.41) is 31.7. The molecule has 8 aromatic carbocycles. The van der Waals surface area contributed by atoms with E-state index in [2.05, 4.69) is 0 Å². The highest BCUT2D eigenvalue weighted by Crippen LogP contribution is 2.34. The number of halogens is 5. The van der Waals surface area contributed by atoms with Crippen LogP contribution in [0, 0.1) is 36.0 Å². The fraction of sp³-hybridized carbons (Fsp3) is 0.0185. The molecular weight excluding hydrogens is 888 g/mol. The van der Waals surface area contributed by atoms with Crippen molar-refractivity contribution in [1.82, 2.24) is 0 Å². The van der Waals surface area contributed by atoms with Crippen LogP contribution in [0.3, 0.4) is 0 Å². The van der Waals surface area contributed by atoms with E-state index in [1.807, 2.05) is 0 Å². The van der Waals surface area contributed by atoms with Crippen LogP contribution in [0.25, 0.3) is 45.5 Å². The fourth-order valence-electron chi connectivity index (χ4n) is 7.04. The topological polar surface area (TPSA) is 140 Å². The van der Waals surface area contributed by atoms with Crippen LogP contribution in [0.5, 0.6) is 34.5 Å². The van der Waals surface area contributed by atoms with Gasteiger partial charge >= 0.3 is 17.9 Å². The highest BCUT2D eigenvalue weighted by atomic mass is 19.1. The largest absolute Gasteiger partial charge is 0.507 e. The van der Waals surface area contributed by atoms with Gasteiger partial charge in [0.25, 0.3) is 0 Å². The molecule has 0 saturated carbocycles. The lowest BCUT2D eigenvalue weighted by molar-refractivity contribution is 0.0716. The van der Waals surface area contributed by atoms with E-state index in [4.69, 9.17) is 14.2 Å². The first-order valence-electron chi connectivity index (χ1n) is 20.3. The first-order valence-corrected chi connectivity index (χ1v) is 20.3. The van der Waals surface area contributed by atoms with Crippen molar-refractivity contribution >= 4 is 30.1 Å². The zero-order valence-electron chi connectivity index (χ0n) is 35.3. The summed E-state index contributed by atoms with van der Waals surface area (Å²) in [7, 11) is 0. The molecule has 0 saturated heterocycles. The van der Waals surface area contributed by atoms with Gasteiger partial charge in [-0.25, -0.2) is 36.3 Å². The monoisotopic (exact) mass is 920 g/mol. The molecule has 0 fully saturated rings. The summed E-state index contributed by atoms with van der Waals surface area (Å²) in [5.41, 5.74) is 1.20. The standard InChI is InChI=1S/C54H33F5O9/c1-29-2-14-40(46(57)20-29)32-7-17-50(61)44(23-32)53(64)67-38-21-31(22-39(28-38)68-54(65)45-25-34(9-19-51(45)62)42-16-11-36(56)27-48(42)59)4-3-30-5-12-37(13-6-30)66-52(63)43-24-33(8-18-49(43)60)41-15-10-35(55)26-47(41)58/h2-28,60-62H,1H3/b4-3+. The molecule has 0 aliphatic rings. The van der Waals surface area contributed by atoms with Gasteiger partial charge in [0, 0.05) is 34.9 Å². The van der Waals surface area contributed by atoms with Gasteiger partial charge in [-0.15, -0.1) is 0 Å². The van der Waals surface area contributed by atoms with E-state index in [1.54, 1.807) is 37.3 Å². The zero-order chi connectivity index (χ0) is 48.2. The average Bonchev–Trinajstić information content (AvgIpc) is 3.29. The summed E-state index contributed by atoms with van der Waals surface area (Å²) in [6.45, 7) is 1.71. The number of esters is 3. The second-order valence-electron chi connectivity index (χ2n) is 15.2. The molecule has 338 valence electrons. The molecule has 0 aliphatic heterocycles. The number of ether oxygens (including phenoxy) is 3. The molecule has 68 heavy (non-hydrogen) atoms. The molecular formula is C54H33F5O9. The summed E-state index contributed by atoms with van der Waals surface area (Å²) in [6.07, 6.45) is 3.14. The van der Waals surface area contributed by atoms with Crippen molar-refractivity contribution in [3.8, 4) is 67.9 Å². The summed E-state index contributed by atoms with van der Waals surface area (Å²) < 4.78 is 87.9. The van der Waals surface area contributed by atoms with Crippen LogP contribution in [0.4, 0.5) is 22.0 Å². The molecule has 0 radical (unpaired) electrons. The lowest BCUT2D eigenvalue weighted by Gasteiger charge is -2.12. The van der Waals surface area contributed by atoms with Crippen molar-refractivity contribution in [2.24, 2.45) is 0 Å². The Morgan fingerprint density at radius 1 is 0.397 bits per heavy atom. The summed E-state index contributed by atoms with van der Waals surface area (Å²) >= 11 is 0. The molecule has 0 aromatic heterocycles. The van der Waals surface area contributed by atoms with Crippen LogP contribution < -0.4 is 14.2 Å². The minimum Gasteiger partial charge on any atom is -0.507 e. The van der Waals surface area contributed by atoms with Gasteiger partial charge in [0.2, 0.25) is 0 Å².